The highest BCUT2D eigenvalue weighted by Crippen LogP contribution is 2.22. The molecule has 0 aliphatic heterocycles. The van der Waals surface area contributed by atoms with Crippen molar-refractivity contribution in [1.29, 1.82) is 0 Å². The summed E-state index contributed by atoms with van der Waals surface area (Å²) in [6.45, 7) is 0.651. The quantitative estimate of drug-likeness (QED) is 0.576. The summed E-state index contributed by atoms with van der Waals surface area (Å²) in [5.74, 6) is 0.559. The molecule has 25 heavy (non-hydrogen) atoms. The van der Waals surface area contributed by atoms with Gasteiger partial charge in [0.2, 0.25) is 0 Å². The van der Waals surface area contributed by atoms with Crippen LogP contribution in [0.25, 0.3) is 0 Å². The van der Waals surface area contributed by atoms with Crippen LogP contribution in [0, 0.1) is 0 Å². The van der Waals surface area contributed by atoms with Crippen molar-refractivity contribution in [3.63, 3.8) is 0 Å². The van der Waals surface area contributed by atoms with Gasteiger partial charge in [0.05, 0.1) is 0 Å². The van der Waals surface area contributed by atoms with Crippen molar-refractivity contribution >= 4 is 52.0 Å². The van der Waals surface area contributed by atoms with E-state index >= 15 is 0 Å². The first kappa shape index (κ1) is 19.0. The molecule has 0 aliphatic carbocycles. The van der Waals surface area contributed by atoms with E-state index in [2.05, 4.69) is 25.3 Å². The molecule has 130 valence electrons. The fourth-order valence-corrected chi connectivity index (χ4v) is 2.10. The highest BCUT2D eigenvalue weighted by Gasteiger charge is 2.04. The molecule has 0 amide bonds. The van der Waals surface area contributed by atoms with Gasteiger partial charge in [0.1, 0.15) is 24.0 Å². The van der Waals surface area contributed by atoms with Crippen molar-refractivity contribution in [1.82, 2.24) is 19.9 Å². The summed E-state index contributed by atoms with van der Waals surface area (Å²) in [6.07, 6.45) is 2.63. The molecule has 3 aromatic rings. The fraction of sp³-hybridized carbons (Fsp3) is 0.0667. The van der Waals surface area contributed by atoms with Crippen LogP contribution < -0.4 is 16.8 Å². The van der Waals surface area contributed by atoms with E-state index in [1.165, 1.54) is 12.7 Å². The minimum atomic E-state index is 0.190. The number of hydrogen-bond donors (Lipinski definition) is 3. The SMILES string of the molecule is Nc1c(Cl)ncnc1Cl.Nc1c(Cl)ncnc1NCc1ccccc1. The van der Waals surface area contributed by atoms with Gasteiger partial charge in [0, 0.05) is 6.54 Å². The maximum Gasteiger partial charge on any atom is 0.157 e. The summed E-state index contributed by atoms with van der Waals surface area (Å²) >= 11 is 16.7. The molecule has 10 heteroatoms. The Morgan fingerprint density at radius 1 is 0.760 bits per heavy atom. The lowest BCUT2D eigenvalue weighted by Gasteiger charge is -2.08. The molecule has 2 aromatic heterocycles. The third-order valence-corrected chi connectivity index (χ3v) is 3.83. The van der Waals surface area contributed by atoms with Crippen LogP contribution >= 0.6 is 34.8 Å². The number of nitrogen functional groups attached to an aromatic ring is 2. The minimum absolute atomic E-state index is 0.190. The summed E-state index contributed by atoms with van der Waals surface area (Å²) in [5, 5.41) is 3.76. The summed E-state index contributed by atoms with van der Waals surface area (Å²) in [4.78, 5) is 15.0. The Morgan fingerprint density at radius 2 is 1.28 bits per heavy atom. The van der Waals surface area contributed by atoms with Gasteiger partial charge >= 0.3 is 0 Å². The molecule has 3 rings (SSSR count). The van der Waals surface area contributed by atoms with Crippen molar-refractivity contribution < 1.29 is 0 Å². The number of nitrogens with one attached hydrogen (secondary N) is 1. The molecule has 0 bridgehead atoms. The standard InChI is InChI=1S/C11H11ClN4.C4H3Cl2N3/c12-10-9(13)11(16-7-15-10)14-6-8-4-2-1-3-5-8;5-3-2(7)4(6)9-1-8-3/h1-5,7H,6,13H2,(H,14,15,16);1H,7H2. The van der Waals surface area contributed by atoms with Gasteiger partial charge in [0.25, 0.3) is 0 Å². The number of benzene rings is 1. The molecule has 0 radical (unpaired) electrons. The van der Waals surface area contributed by atoms with E-state index in [1.807, 2.05) is 30.3 Å². The zero-order valence-electron chi connectivity index (χ0n) is 12.8. The first-order valence-corrected chi connectivity index (χ1v) is 8.07. The number of anilines is 3. The average Bonchev–Trinajstić information content (AvgIpc) is 2.62. The predicted molar refractivity (Wildman–Crippen MR) is 102 cm³/mol. The molecule has 7 nitrogen and oxygen atoms in total. The van der Waals surface area contributed by atoms with Crippen LogP contribution in [0.2, 0.25) is 15.5 Å². The molecule has 0 unspecified atom stereocenters. The van der Waals surface area contributed by atoms with Crippen molar-refractivity contribution in [3.8, 4) is 0 Å². The molecule has 2 heterocycles. The molecule has 0 spiro atoms. The topological polar surface area (TPSA) is 116 Å². The number of nitrogens with zero attached hydrogens (tertiary/aromatic N) is 4. The maximum atomic E-state index is 5.78. The van der Waals surface area contributed by atoms with Crippen LogP contribution in [0.4, 0.5) is 17.2 Å². The Labute approximate surface area is 159 Å². The van der Waals surface area contributed by atoms with Crippen LogP contribution in [-0.4, -0.2) is 19.9 Å². The Bertz CT molecular complexity index is 810. The van der Waals surface area contributed by atoms with Gasteiger partial charge in [-0.05, 0) is 5.56 Å². The first-order chi connectivity index (χ1) is 12.0. The molecule has 0 fully saturated rings. The summed E-state index contributed by atoms with van der Waals surface area (Å²) < 4.78 is 0. The van der Waals surface area contributed by atoms with E-state index in [1.54, 1.807) is 0 Å². The molecule has 0 saturated carbocycles. The molecule has 0 aliphatic rings. The third kappa shape index (κ3) is 5.60. The highest BCUT2D eigenvalue weighted by molar-refractivity contribution is 6.37. The molecule has 1 aromatic carbocycles. The van der Waals surface area contributed by atoms with Gasteiger partial charge in [-0.15, -0.1) is 0 Å². The van der Waals surface area contributed by atoms with Crippen LogP contribution in [0.3, 0.4) is 0 Å². The lowest BCUT2D eigenvalue weighted by Crippen LogP contribution is -2.05. The van der Waals surface area contributed by atoms with Crippen LogP contribution in [0.5, 0.6) is 0 Å². The summed E-state index contributed by atoms with van der Waals surface area (Å²) in [5.41, 5.74) is 12.8. The fourth-order valence-electron chi connectivity index (χ4n) is 1.65. The Morgan fingerprint density at radius 3 is 1.84 bits per heavy atom. The van der Waals surface area contributed by atoms with E-state index in [4.69, 9.17) is 46.3 Å². The van der Waals surface area contributed by atoms with Gasteiger partial charge in [0.15, 0.2) is 21.3 Å². The van der Waals surface area contributed by atoms with E-state index in [-0.39, 0.29) is 21.1 Å². The number of aromatic nitrogens is 4. The molecular weight excluding hydrogens is 385 g/mol. The van der Waals surface area contributed by atoms with Gasteiger partial charge < -0.3 is 16.8 Å². The lowest BCUT2D eigenvalue weighted by atomic mass is 10.2. The highest BCUT2D eigenvalue weighted by atomic mass is 35.5. The maximum absolute atomic E-state index is 5.78. The second-order valence-electron chi connectivity index (χ2n) is 4.63. The normalized spacial score (nSPS) is 9.88. The van der Waals surface area contributed by atoms with Crippen molar-refractivity contribution in [2.45, 2.75) is 6.54 Å². The number of nitrogens with two attached hydrogens (primary N) is 2. The number of halogens is 3. The Kier molecular flexibility index (Phi) is 7.00. The van der Waals surface area contributed by atoms with Gasteiger partial charge in [-0.3, -0.25) is 0 Å². The van der Waals surface area contributed by atoms with Crippen LogP contribution in [0.1, 0.15) is 5.56 Å². The van der Waals surface area contributed by atoms with Crippen molar-refractivity contribution in [3.05, 3.63) is 64.0 Å². The van der Waals surface area contributed by atoms with Crippen molar-refractivity contribution in [2.75, 3.05) is 16.8 Å². The zero-order valence-corrected chi connectivity index (χ0v) is 15.1. The van der Waals surface area contributed by atoms with Gasteiger partial charge in [-0.25, -0.2) is 19.9 Å². The van der Waals surface area contributed by atoms with Crippen LogP contribution in [0.15, 0.2) is 43.0 Å². The Balaban J connectivity index is 0.000000212. The number of hydrogen-bond acceptors (Lipinski definition) is 7. The van der Waals surface area contributed by atoms with E-state index in [9.17, 15) is 0 Å². The molecular formula is C15H14Cl3N7. The van der Waals surface area contributed by atoms with Gasteiger partial charge in [-0.2, -0.15) is 0 Å². The average molecular weight is 399 g/mol. The second-order valence-corrected chi connectivity index (χ2v) is 5.71. The molecule has 5 N–H and O–H groups in total. The first-order valence-electron chi connectivity index (χ1n) is 6.94. The zero-order chi connectivity index (χ0) is 18.2. The lowest BCUT2D eigenvalue weighted by molar-refractivity contribution is 1.08. The summed E-state index contributed by atoms with van der Waals surface area (Å²) in [6, 6.07) is 9.97. The molecule has 0 saturated heterocycles. The van der Waals surface area contributed by atoms with E-state index in [0.717, 1.165) is 5.56 Å². The predicted octanol–water partition coefficient (Wildman–Crippen LogP) is 3.69. The number of rotatable bonds is 3. The Hall–Kier alpha value is -2.35. The monoisotopic (exact) mass is 397 g/mol. The minimum Gasteiger partial charge on any atom is -0.394 e. The smallest absolute Gasteiger partial charge is 0.157 e. The second kappa shape index (κ2) is 9.22. The van der Waals surface area contributed by atoms with Crippen molar-refractivity contribution in [2.24, 2.45) is 0 Å². The molecule has 0 atom stereocenters. The van der Waals surface area contributed by atoms with Crippen LogP contribution in [-0.2, 0) is 6.54 Å². The van der Waals surface area contributed by atoms with Gasteiger partial charge in [-0.1, -0.05) is 65.1 Å². The van der Waals surface area contributed by atoms with E-state index in [0.29, 0.717) is 18.1 Å². The summed E-state index contributed by atoms with van der Waals surface area (Å²) in [7, 11) is 0. The third-order valence-electron chi connectivity index (χ3n) is 2.92. The van der Waals surface area contributed by atoms with E-state index < -0.39 is 0 Å². The largest absolute Gasteiger partial charge is 0.394 e.